The summed E-state index contributed by atoms with van der Waals surface area (Å²) < 4.78 is 5.35. The number of carbonyl (C=O) groups is 2. The molecule has 5 nitrogen and oxygen atoms in total. The first-order valence-electron chi connectivity index (χ1n) is 6.09. The summed E-state index contributed by atoms with van der Waals surface area (Å²) in [5, 5.41) is 2.62. The van der Waals surface area contributed by atoms with Gasteiger partial charge in [0.25, 0.3) is 11.8 Å². The standard InChI is InChI=1S/C14H14N2O3S/c1-3-4-7-16-13(18)11(12(17)15-14(16)20)8-10-6-5-9(2)19-10/h3-6,8H,7H2,1-2H3,(H,15,17,20)/b4-3+,11-8+. The third-order valence-corrected chi connectivity index (χ3v) is 3.08. The first-order valence-corrected chi connectivity index (χ1v) is 6.50. The van der Waals surface area contributed by atoms with E-state index in [0.29, 0.717) is 18.1 Å². The molecule has 1 aromatic heterocycles. The van der Waals surface area contributed by atoms with Gasteiger partial charge >= 0.3 is 0 Å². The van der Waals surface area contributed by atoms with E-state index < -0.39 is 11.8 Å². The third-order valence-electron chi connectivity index (χ3n) is 2.76. The Labute approximate surface area is 121 Å². The Bertz CT molecular complexity index is 628. The predicted molar refractivity (Wildman–Crippen MR) is 78.7 cm³/mol. The lowest BCUT2D eigenvalue weighted by Gasteiger charge is -2.27. The van der Waals surface area contributed by atoms with Crippen molar-refractivity contribution in [2.75, 3.05) is 6.54 Å². The van der Waals surface area contributed by atoms with Crippen molar-refractivity contribution in [2.24, 2.45) is 0 Å². The van der Waals surface area contributed by atoms with Gasteiger partial charge in [-0.05, 0) is 44.3 Å². The normalized spacial score (nSPS) is 18.2. The van der Waals surface area contributed by atoms with Crippen molar-refractivity contribution in [2.45, 2.75) is 13.8 Å². The number of nitrogens with one attached hydrogen (secondary N) is 1. The minimum atomic E-state index is -0.509. The fourth-order valence-electron chi connectivity index (χ4n) is 1.74. The molecule has 1 saturated heterocycles. The molecule has 104 valence electrons. The maximum Gasteiger partial charge on any atom is 0.266 e. The number of amides is 2. The van der Waals surface area contributed by atoms with Crippen molar-refractivity contribution < 1.29 is 14.0 Å². The van der Waals surface area contributed by atoms with E-state index in [0.717, 1.165) is 0 Å². The van der Waals surface area contributed by atoms with Crippen LogP contribution >= 0.6 is 12.2 Å². The van der Waals surface area contributed by atoms with E-state index in [1.807, 2.05) is 13.0 Å². The zero-order chi connectivity index (χ0) is 14.7. The van der Waals surface area contributed by atoms with Crippen LogP contribution in [0.1, 0.15) is 18.4 Å². The lowest BCUT2D eigenvalue weighted by molar-refractivity contribution is -0.128. The second-order valence-electron chi connectivity index (χ2n) is 4.25. The molecule has 1 fully saturated rings. The Morgan fingerprint density at radius 2 is 2.15 bits per heavy atom. The van der Waals surface area contributed by atoms with Crippen LogP contribution in [0, 0.1) is 6.92 Å². The van der Waals surface area contributed by atoms with Gasteiger partial charge in [0, 0.05) is 6.54 Å². The lowest BCUT2D eigenvalue weighted by Crippen LogP contribution is -2.53. The fourth-order valence-corrected chi connectivity index (χ4v) is 1.99. The Hall–Kier alpha value is -2.21. The Morgan fingerprint density at radius 1 is 1.40 bits per heavy atom. The molecule has 0 aromatic carbocycles. The molecule has 0 atom stereocenters. The molecule has 0 bridgehead atoms. The number of thiocarbonyl (C=S) groups is 1. The van der Waals surface area contributed by atoms with Crippen LogP contribution in [0.15, 0.2) is 34.3 Å². The lowest BCUT2D eigenvalue weighted by atomic mass is 10.1. The molecule has 2 rings (SSSR count). The number of carbonyl (C=O) groups excluding carboxylic acids is 2. The van der Waals surface area contributed by atoms with Gasteiger partial charge in [-0.25, -0.2) is 0 Å². The van der Waals surface area contributed by atoms with Crippen LogP contribution in [0.4, 0.5) is 0 Å². The van der Waals surface area contributed by atoms with Gasteiger partial charge in [-0.2, -0.15) is 0 Å². The molecular weight excluding hydrogens is 276 g/mol. The van der Waals surface area contributed by atoms with Crippen LogP contribution in [0.3, 0.4) is 0 Å². The first kappa shape index (κ1) is 14.2. The summed E-state index contributed by atoms with van der Waals surface area (Å²) in [4.78, 5) is 25.5. The predicted octanol–water partition coefficient (Wildman–Crippen LogP) is 1.79. The van der Waals surface area contributed by atoms with Gasteiger partial charge in [0.05, 0.1) is 0 Å². The summed E-state index contributed by atoms with van der Waals surface area (Å²) in [6, 6.07) is 3.46. The summed E-state index contributed by atoms with van der Waals surface area (Å²) >= 11 is 5.00. The molecule has 0 unspecified atom stereocenters. The molecular formula is C14H14N2O3S. The fraction of sp³-hybridized carbons (Fsp3) is 0.214. The van der Waals surface area contributed by atoms with Gasteiger partial charge in [-0.3, -0.25) is 19.8 Å². The maximum absolute atomic E-state index is 12.3. The zero-order valence-corrected chi connectivity index (χ0v) is 12.0. The SMILES string of the molecule is C/C=C/CN1C(=O)/C(=C/c2ccc(C)o2)C(=O)NC1=S. The number of furan rings is 1. The first-order chi connectivity index (χ1) is 9.52. The Kier molecular flexibility index (Phi) is 4.14. The Balaban J connectivity index is 2.32. The molecule has 1 aliphatic rings. The highest BCUT2D eigenvalue weighted by molar-refractivity contribution is 7.80. The minimum absolute atomic E-state index is 0.0115. The summed E-state index contributed by atoms with van der Waals surface area (Å²) in [6.45, 7) is 3.96. The van der Waals surface area contributed by atoms with Crippen LogP contribution in [-0.2, 0) is 9.59 Å². The van der Waals surface area contributed by atoms with E-state index >= 15 is 0 Å². The van der Waals surface area contributed by atoms with Crippen molar-refractivity contribution in [3.8, 4) is 0 Å². The highest BCUT2D eigenvalue weighted by atomic mass is 32.1. The van der Waals surface area contributed by atoms with Crippen molar-refractivity contribution in [3.05, 3.63) is 41.4 Å². The molecule has 2 amide bonds. The number of nitrogens with zero attached hydrogens (tertiary/aromatic N) is 1. The van der Waals surface area contributed by atoms with Crippen LogP contribution in [-0.4, -0.2) is 28.4 Å². The van der Waals surface area contributed by atoms with E-state index in [9.17, 15) is 9.59 Å². The van der Waals surface area contributed by atoms with Gasteiger partial charge < -0.3 is 4.42 Å². The highest BCUT2D eigenvalue weighted by Gasteiger charge is 2.32. The van der Waals surface area contributed by atoms with Crippen molar-refractivity contribution in [3.63, 3.8) is 0 Å². The number of allylic oxidation sites excluding steroid dienone is 1. The Morgan fingerprint density at radius 3 is 2.75 bits per heavy atom. The van der Waals surface area contributed by atoms with Gasteiger partial charge in [-0.15, -0.1) is 0 Å². The van der Waals surface area contributed by atoms with E-state index in [1.54, 1.807) is 25.1 Å². The average molecular weight is 290 g/mol. The van der Waals surface area contributed by atoms with Gasteiger partial charge in [0.1, 0.15) is 17.1 Å². The molecule has 0 spiro atoms. The van der Waals surface area contributed by atoms with Gasteiger partial charge in [-0.1, -0.05) is 12.2 Å². The molecule has 0 aliphatic carbocycles. The smallest absolute Gasteiger partial charge is 0.266 e. The van der Waals surface area contributed by atoms with E-state index in [2.05, 4.69) is 5.32 Å². The molecule has 1 aliphatic heterocycles. The third kappa shape index (κ3) is 2.85. The molecule has 0 saturated carbocycles. The summed E-state index contributed by atoms with van der Waals surface area (Å²) in [6.07, 6.45) is 5.02. The van der Waals surface area contributed by atoms with Gasteiger partial charge in [0.2, 0.25) is 0 Å². The largest absolute Gasteiger partial charge is 0.462 e. The van der Waals surface area contributed by atoms with Crippen molar-refractivity contribution in [1.29, 1.82) is 0 Å². The maximum atomic E-state index is 12.3. The van der Waals surface area contributed by atoms with Crippen LogP contribution < -0.4 is 5.32 Å². The van der Waals surface area contributed by atoms with Gasteiger partial charge in [0.15, 0.2) is 5.11 Å². The molecule has 0 radical (unpaired) electrons. The minimum Gasteiger partial charge on any atom is -0.462 e. The number of hydrogen-bond acceptors (Lipinski definition) is 4. The zero-order valence-electron chi connectivity index (χ0n) is 11.2. The highest BCUT2D eigenvalue weighted by Crippen LogP contribution is 2.16. The number of hydrogen-bond donors (Lipinski definition) is 1. The van der Waals surface area contributed by atoms with E-state index in [4.69, 9.17) is 16.6 Å². The van der Waals surface area contributed by atoms with E-state index in [-0.39, 0.29) is 10.7 Å². The summed E-state index contributed by atoms with van der Waals surface area (Å²) in [7, 11) is 0. The molecule has 1 aromatic rings. The summed E-state index contributed by atoms with van der Waals surface area (Å²) in [5.41, 5.74) is 0.0115. The molecule has 20 heavy (non-hydrogen) atoms. The summed E-state index contributed by atoms with van der Waals surface area (Å²) in [5.74, 6) is 0.235. The molecule has 6 heteroatoms. The van der Waals surface area contributed by atoms with Crippen LogP contribution in [0.2, 0.25) is 0 Å². The number of aryl methyl sites for hydroxylation is 1. The van der Waals surface area contributed by atoms with Crippen molar-refractivity contribution in [1.82, 2.24) is 10.2 Å². The number of rotatable bonds is 3. The van der Waals surface area contributed by atoms with Crippen molar-refractivity contribution >= 4 is 35.2 Å². The molecule has 1 N–H and O–H groups in total. The second kappa shape index (κ2) is 5.83. The average Bonchev–Trinajstić information content (AvgIpc) is 2.80. The quantitative estimate of drug-likeness (QED) is 0.399. The van der Waals surface area contributed by atoms with Crippen LogP contribution in [0.25, 0.3) is 6.08 Å². The second-order valence-corrected chi connectivity index (χ2v) is 4.64. The van der Waals surface area contributed by atoms with E-state index in [1.165, 1.54) is 11.0 Å². The molecule has 2 heterocycles. The monoisotopic (exact) mass is 290 g/mol. The topological polar surface area (TPSA) is 62.6 Å². The van der Waals surface area contributed by atoms with Crippen LogP contribution in [0.5, 0.6) is 0 Å².